The van der Waals surface area contributed by atoms with Gasteiger partial charge in [0.15, 0.2) is 5.58 Å². The van der Waals surface area contributed by atoms with Gasteiger partial charge in [0.1, 0.15) is 11.4 Å². The van der Waals surface area contributed by atoms with Gasteiger partial charge in [-0.25, -0.2) is 13.2 Å². The smallest absolute Gasteiger partial charge is 0.407 e. The lowest BCUT2D eigenvalue weighted by molar-refractivity contribution is -0.384. The number of nitro groups is 1. The van der Waals surface area contributed by atoms with Crippen molar-refractivity contribution in [2.24, 2.45) is 0 Å². The highest BCUT2D eigenvalue weighted by Crippen LogP contribution is 2.28. The lowest BCUT2D eigenvalue weighted by atomic mass is 10.3. The number of nitro benzene ring substituents is 1. The van der Waals surface area contributed by atoms with Crippen molar-refractivity contribution in [2.75, 3.05) is 18.4 Å². The van der Waals surface area contributed by atoms with Crippen LogP contribution in [0.25, 0.3) is 11.1 Å². The SMILES string of the molecule is CCN(CC)S(=O)(=O)c1cc(NC(=O)Cn2c(=O)oc3cc([N+](=O)[O-])ccc32)ccc1Cl. The number of halogens is 1. The zero-order valence-corrected chi connectivity index (χ0v) is 18.6. The second-order valence-electron chi connectivity index (χ2n) is 6.65. The van der Waals surface area contributed by atoms with Crippen LogP contribution in [-0.4, -0.2) is 41.2 Å². The second-order valence-corrected chi connectivity index (χ2v) is 8.96. The lowest BCUT2D eigenvalue weighted by Crippen LogP contribution is -2.31. The Kier molecular flexibility index (Phi) is 6.67. The molecule has 0 aliphatic heterocycles. The van der Waals surface area contributed by atoms with E-state index in [1.165, 1.54) is 34.6 Å². The first-order valence-electron chi connectivity index (χ1n) is 9.45. The molecule has 0 aliphatic rings. The Morgan fingerprint density at radius 2 is 1.91 bits per heavy atom. The summed E-state index contributed by atoms with van der Waals surface area (Å²) in [6.07, 6.45) is 0. The number of non-ortho nitro benzene ring substituents is 1. The predicted octanol–water partition coefficient (Wildman–Crippen LogP) is 2.83. The molecule has 0 atom stereocenters. The van der Waals surface area contributed by atoms with Crippen molar-refractivity contribution in [1.82, 2.24) is 8.87 Å². The molecular weight excluding hydrogens is 464 g/mol. The van der Waals surface area contributed by atoms with Gasteiger partial charge >= 0.3 is 5.76 Å². The number of carbonyl (C=O) groups excluding carboxylic acids is 1. The van der Waals surface area contributed by atoms with E-state index in [1.807, 2.05) is 0 Å². The maximum Gasteiger partial charge on any atom is 0.420 e. The molecule has 0 saturated carbocycles. The third-order valence-electron chi connectivity index (χ3n) is 4.70. The molecule has 11 nitrogen and oxygen atoms in total. The number of benzene rings is 2. The summed E-state index contributed by atoms with van der Waals surface area (Å²) < 4.78 is 32.8. The van der Waals surface area contributed by atoms with Crippen LogP contribution in [0.4, 0.5) is 11.4 Å². The molecule has 0 saturated heterocycles. The minimum absolute atomic E-state index is 0.00791. The van der Waals surface area contributed by atoms with Crippen LogP contribution in [0.2, 0.25) is 5.02 Å². The number of carbonyl (C=O) groups is 1. The molecule has 3 aromatic rings. The number of hydrogen-bond donors (Lipinski definition) is 1. The van der Waals surface area contributed by atoms with E-state index in [9.17, 15) is 28.1 Å². The van der Waals surface area contributed by atoms with E-state index in [-0.39, 0.29) is 45.5 Å². The van der Waals surface area contributed by atoms with E-state index in [0.717, 1.165) is 10.6 Å². The molecule has 32 heavy (non-hydrogen) atoms. The molecule has 0 aliphatic carbocycles. The molecule has 2 aromatic carbocycles. The summed E-state index contributed by atoms with van der Waals surface area (Å²) in [7, 11) is -3.86. The fourth-order valence-electron chi connectivity index (χ4n) is 3.14. The lowest BCUT2D eigenvalue weighted by Gasteiger charge is -2.19. The van der Waals surface area contributed by atoms with Crippen LogP contribution in [0.15, 0.2) is 50.5 Å². The summed E-state index contributed by atoms with van der Waals surface area (Å²) in [5.74, 6) is -1.50. The molecule has 1 aromatic heterocycles. The quantitative estimate of drug-likeness (QED) is 0.383. The van der Waals surface area contributed by atoms with Crippen molar-refractivity contribution >= 4 is 50.0 Å². The average molecular weight is 483 g/mol. The summed E-state index contributed by atoms with van der Waals surface area (Å²) in [5.41, 5.74) is 0.0836. The first kappa shape index (κ1) is 23.4. The van der Waals surface area contributed by atoms with Gasteiger partial charge < -0.3 is 9.73 Å². The number of oxazole rings is 1. The largest absolute Gasteiger partial charge is 0.420 e. The molecule has 0 radical (unpaired) electrons. The fraction of sp³-hybridized carbons (Fsp3) is 0.263. The van der Waals surface area contributed by atoms with Gasteiger partial charge in [-0.3, -0.25) is 19.5 Å². The molecule has 1 heterocycles. The van der Waals surface area contributed by atoms with E-state index in [2.05, 4.69) is 5.32 Å². The molecule has 0 spiro atoms. The molecular formula is C19H19ClN4O7S. The number of nitrogens with one attached hydrogen (secondary N) is 1. The Bertz CT molecular complexity index is 1360. The van der Waals surface area contributed by atoms with Gasteiger partial charge in [-0.05, 0) is 24.3 Å². The van der Waals surface area contributed by atoms with Crippen molar-refractivity contribution in [3.05, 3.63) is 62.1 Å². The molecule has 3 rings (SSSR count). The maximum absolute atomic E-state index is 12.8. The first-order chi connectivity index (χ1) is 15.1. The number of anilines is 1. The van der Waals surface area contributed by atoms with Crippen LogP contribution in [0, 0.1) is 10.1 Å². The number of fused-ring (bicyclic) bond motifs is 1. The van der Waals surface area contributed by atoms with Crippen LogP contribution in [-0.2, 0) is 21.4 Å². The van der Waals surface area contributed by atoms with Crippen molar-refractivity contribution in [3.63, 3.8) is 0 Å². The van der Waals surface area contributed by atoms with Crippen LogP contribution in [0.3, 0.4) is 0 Å². The van der Waals surface area contributed by atoms with E-state index >= 15 is 0 Å². The van der Waals surface area contributed by atoms with Gasteiger partial charge in [-0.1, -0.05) is 25.4 Å². The van der Waals surface area contributed by atoms with Crippen LogP contribution in [0.1, 0.15) is 13.8 Å². The summed E-state index contributed by atoms with van der Waals surface area (Å²) in [4.78, 5) is 34.7. The highest BCUT2D eigenvalue weighted by molar-refractivity contribution is 7.89. The number of hydrogen-bond acceptors (Lipinski definition) is 7. The number of nitrogens with zero attached hydrogens (tertiary/aromatic N) is 3. The van der Waals surface area contributed by atoms with Crippen LogP contribution in [0.5, 0.6) is 0 Å². The predicted molar refractivity (Wildman–Crippen MR) is 117 cm³/mol. The summed E-state index contributed by atoms with van der Waals surface area (Å²) in [6.45, 7) is 3.44. The Labute approximate surface area is 187 Å². The Morgan fingerprint density at radius 3 is 2.53 bits per heavy atom. The summed E-state index contributed by atoms with van der Waals surface area (Å²) >= 11 is 6.09. The number of amides is 1. The molecule has 13 heteroatoms. The summed E-state index contributed by atoms with van der Waals surface area (Å²) in [6, 6.07) is 7.62. The Hall–Kier alpha value is -3.22. The first-order valence-corrected chi connectivity index (χ1v) is 11.3. The van der Waals surface area contributed by atoms with Gasteiger partial charge in [-0.15, -0.1) is 0 Å². The van der Waals surface area contributed by atoms with Crippen molar-refractivity contribution in [1.29, 1.82) is 0 Å². The number of sulfonamides is 1. The highest BCUT2D eigenvalue weighted by Gasteiger charge is 2.25. The third-order valence-corrected chi connectivity index (χ3v) is 7.23. The van der Waals surface area contributed by atoms with Crippen molar-refractivity contribution in [3.8, 4) is 0 Å². The second kappa shape index (κ2) is 9.10. The van der Waals surface area contributed by atoms with E-state index in [1.54, 1.807) is 13.8 Å². The van der Waals surface area contributed by atoms with Crippen molar-refractivity contribution in [2.45, 2.75) is 25.3 Å². The minimum atomic E-state index is -3.86. The normalized spacial score (nSPS) is 11.8. The molecule has 1 amide bonds. The van der Waals surface area contributed by atoms with Gasteiger partial charge in [-0.2, -0.15) is 4.31 Å². The van der Waals surface area contributed by atoms with Crippen LogP contribution < -0.4 is 11.1 Å². The highest BCUT2D eigenvalue weighted by atomic mass is 35.5. The Balaban J connectivity index is 1.87. The fourth-order valence-corrected chi connectivity index (χ4v) is 5.10. The number of rotatable bonds is 8. The van der Waals surface area contributed by atoms with Gasteiger partial charge in [0.2, 0.25) is 15.9 Å². The molecule has 1 N–H and O–H groups in total. The van der Waals surface area contributed by atoms with Gasteiger partial charge in [0, 0.05) is 24.8 Å². The standard InChI is InChI=1S/C19H19ClN4O7S/c1-3-22(4-2)32(29,30)17-9-12(5-7-14(17)20)21-18(25)11-23-15-8-6-13(24(27)28)10-16(15)31-19(23)26/h5-10H,3-4,11H2,1-2H3,(H,21,25). The Morgan fingerprint density at radius 1 is 1.22 bits per heavy atom. The zero-order valence-electron chi connectivity index (χ0n) is 17.1. The van der Waals surface area contributed by atoms with Gasteiger partial charge in [0.05, 0.1) is 21.5 Å². The molecule has 0 unspecified atom stereocenters. The maximum atomic E-state index is 12.8. The molecule has 170 valence electrons. The molecule has 0 fully saturated rings. The van der Waals surface area contributed by atoms with E-state index < -0.39 is 33.2 Å². The minimum Gasteiger partial charge on any atom is -0.407 e. The number of aromatic nitrogens is 1. The monoisotopic (exact) mass is 482 g/mol. The average Bonchev–Trinajstić information content (AvgIpc) is 3.04. The van der Waals surface area contributed by atoms with Gasteiger partial charge in [0.25, 0.3) is 5.69 Å². The van der Waals surface area contributed by atoms with E-state index in [4.69, 9.17) is 16.0 Å². The van der Waals surface area contributed by atoms with Crippen LogP contribution >= 0.6 is 11.6 Å². The summed E-state index contributed by atoms with van der Waals surface area (Å²) in [5, 5.41) is 13.4. The van der Waals surface area contributed by atoms with E-state index in [0.29, 0.717) is 0 Å². The molecule has 0 bridgehead atoms. The zero-order chi connectivity index (χ0) is 23.6. The third kappa shape index (κ3) is 4.52. The van der Waals surface area contributed by atoms with Crippen molar-refractivity contribution < 1.29 is 22.6 Å². The topological polar surface area (TPSA) is 145 Å².